The number of fused-ring (bicyclic) bond motifs is 1. The largest absolute Gasteiger partial charge is 0.325 e. The van der Waals surface area contributed by atoms with Gasteiger partial charge < -0.3 is 5.32 Å². The van der Waals surface area contributed by atoms with E-state index in [2.05, 4.69) is 20.8 Å². The number of hydrogen-bond acceptors (Lipinski definition) is 5. The number of anilines is 2. The maximum absolute atomic E-state index is 12.0. The Bertz CT molecular complexity index is 832. The number of amides is 2. The number of halogens is 1. The zero-order valence-corrected chi connectivity index (χ0v) is 12.6. The third-order valence-corrected chi connectivity index (χ3v) is 4.09. The number of aromatic nitrogens is 1. The van der Waals surface area contributed by atoms with Crippen LogP contribution in [0.5, 0.6) is 0 Å². The number of benzene rings is 2. The molecule has 0 aliphatic carbocycles. The zero-order chi connectivity index (χ0) is 15.5. The van der Waals surface area contributed by atoms with Crippen LogP contribution in [0, 0.1) is 4.91 Å². The summed E-state index contributed by atoms with van der Waals surface area (Å²) in [6, 6.07) is 11.5. The number of thiazole rings is 1. The Morgan fingerprint density at radius 3 is 2.73 bits per heavy atom. The number of nitrogens with one attached hydrogen (secondary N) is 2. The molecule has 2 amide bonds. The van der Waals surface area contributed by atoms with Crippen LogP contribution in [-0.2, 0) is 0 Å². The maximum atomic E-state index is 12.0. The average Bonchev–Trinajstić information content (AvgIpc) is 2.91. The van der Waals surface area contributed by atoms with E-state index in [1.807, 2.05) is 24.3 Å². The van der Waals surface area contributed by atoms with Gasteiger partial charge >= 0.3 is 6.03 Å². The van der Waals surface area contributed by atoms with Gasteiger partial charge in [-0.2, -0.15) is 0 Å². The van der Waals surface area contributed by atoms with Crippen molar-refractivity contribution in [2.45, 2.75) is 0 Å². The van der Waals surface area contributed by atoms with Crippen LogP contribution in [0.1, 0.15) is 0 Å². The molecule has 0 saturated heterocycles. The van der Waals surface area contributed by atoms with E-state index in [1.54, 1.807) is 0 Å². The van der Waals surface area contributed by atoms with Gasteiger partial charge in [0, 0.05) is 0 Å². The van der Waals surface area contributed by atoms with Crippen molar-refractivity contribution in [2.75, 3.05) is 10.6 Å². The molecule has 1 aromatic heterocycles. The molecule has 0 aliphatic rings. The molecule has 3 aromatic rings. The second kappa shape index (κ2) is 6.08. The zero-order valence-electron chi connectivity index (χ0n) is 11.0. The van der Waals surface area contributed by atoms with Gasteiger partial charge in [-0.1, -0.05) is 35.1 Å². The van der Waals surface area contributed by atoms with Crippen LogP contribution in [0.4, 0.5) is 21.3 Å². The summed E-state index contributed by atoms with van der Waals surface area (Å²) in [4.78, 5) is 26.7. The van der Waals surface area contributed by atoms with E-state index in [0.29, 0.717) is 10.8 Å². The SMILES string of the molecule is O=Nc1ccc(NC(=O)Nc2nc3ccccc3s2)c(Cl)c1. The second-order valence-electron chi connectivity index (χ2n) is 4.32. The molecule has 0 bridgehead atoms. The van der Waals surface area contributed by atoms with Gasteiger partial charge in [-0.25, -0.2) is 9.78 Å². The summed E-state index contributed by atoms with van der Waals surface area (Å²) in [6.07, 6.45) is 0. The number of carbonyl (C=O) groups excluding carboxylic acids is 1. The van der Waals surface area contributed by atoms with Gasteiger partial charge in [0.15, 0.2) is 5.13 Å². The number of hydrogen-bond donors (Lipinski definition) is 2. The highest BCUT2D eigenvalue weighted by atomic mass is 35.5. The van der Waals surface area contributed by atoms with Crippen molar-refractivity contribution in [1.29, 1.82) is 0 Å². The van der Waals surface area contributed by atoms with E-state index in [0.717, 1.165) is 10.2 Å². The molecule has 0 unspecified atom stereocenters. The summed E-state index contributed by atoms with van der Waals surface area (Å²) in [6.45, 7) is 0. The summed E-state index contributed by atoms with van der Waals surface area (Å²) >= 11 is 7.34. The molecule has 8 heteroatoms. The maximum Gasteiger partial charge on any atom is 0.325 e. The third kappa shape index (κ3) is 3.05. The first kappa shape index (κ1) is 14.4. The number of nitrogens with zero attached hydrogens (tertiary/aromatic N) is 2. The quantitative estimate of drug-likeness (QED) is 0.662. The predicted molar refractivity (Wildman–Crippen MR) is 89.2 cm³/mol. The van der Waals surface area contributed by atoms with E-state index < -0.39 is 6.03 Å². The normalized spacial score (nSPS) is 10.4. The summed E-state index contributed by atoms with van der Waals surface area (Å²) in [7, 11) is 0. The van der Waals surface area contributed by atoms with Gasteiger partial charge in [-0.15, -0.1) is 4.91 Å². The highest BCUT2D eigenvalue weighted by Crippen LogP contribution is 2.28. The van der Waals surface area contributed by atoms with Crippen LogP contribution in [-0.4, -0.2) is 11.0 Å². The van der Waals surface area contributed by atoms with Gasteiger partial charge in [0.25, 0.3) is 0 Å². The van der Waals surface area contributed by atoms with Gasteiger partial charge in [0.2, 0.25) is 0 Å². The average molecular weight is 333 g/mol. The Balaban J connectivity index is 1.73. The first-order valence-corrected chi connectivity index (χ1v) is 7.41. The second-order valence-corrected chi connectivity index (χ2v) is 5.76. The topological polar surface area (TPSA) is 83.5 Å². The highest BCUT2D eigenvalue weighted by molar-refractivity contribution is 7.22. The molecule has 6 nitrogen and oxygen atoms in total. The Morgan fingerprint density at radius 1 is 1.18 bits per heavy atom. The predicted octanol–water partition coefficient (Wildman–Crippen LogP) is 4.99. The molecule has 110 valence electrons. The first-order chi connectivity index (χ1) is 10.7. The van der Waals surface area contributed by atoms with E-state index in [1.165, 1.54) is 29.5 Å². The van der Waals surface area contributed by atoms with Gasteiger partial charge in [0.1, 0.15) is 5.69 Å². The number of urea groups is 1. The summed E-state index contributed by atoms with van der Waals surface area (Å²) in [5.74, 6) is 0. The fourth-order valence-corrected chi connectivity index (χ4v) is 2.92. The molecule has 0 atom stereocenters. The van der Waals surface area contributed by atoms with E-state index in [9.17, 15) is 9.70 Å². The van der Waals surface area contributed by atoms with Crippen LogP contribution < -0.4 is 10.6 Å². The lowest BCUT2D eigenvalue weighted by Gasteiger charge is -2.07. The minimum atomic E-state index is -0.465. The Morgan fingerprint density at radius 2 is 2.00 bits per heavy atom. The van der Waals surface area contributed by atoms with Crippen molar-refractivity contribution in [1.82, 2.24) is 4.98 Å². The van der Waals surface area contributed by atoms with Crippen molar-refractivity contribution >= 4 is 55.7 Å². The summed E-state index contributed by atoms with van der Waals surface area (Å²) in [5, 5.41) is 8.74. The monoisotopic (exact) mass is 332 g/mol. The molecule has 0 aliphatic heterocycles. The first-order valence-electron chi connectivity index (χ1n) is 6.22. The Kier molecular flexibility index (Phi) is 3.99. The minimum Gasteiger partial charge on any atom is -0.306 e. The number of nitroso groups, excluding NO2 is 1. The van der Waals surface area contributed by atoms with Crippen molar-refractivity contribution < 1.29 is 4.79 Å². The van der Waals surface area contributed by atoms with E-state index >= 15 is 0 Å². The molecular weight excluding hydrogens is 324 g/mol. The lowest BCUT2D eigenvalue weighted by atomic mass is 10.3. The smallest absolute Gasteiger partial charge is 0.306 e. The molecule has 1 heterocycles. The van der Waals surface area contributed by atoms with Gasteiger partial charge in [-0.05, 0) is 35.5 Å². The highest BCUT2D eigenvalue weighted by Gasteiger charge is 2.10. The number of rotatable bonds is 3. The van der Waals surface area contributed by atoms with Crippen LogP contribution in [0.3, 0.4) is 0 Å². The summed E-state index contributed by atoms with van der Waals surface area (Å²) < 4.78 is 0.984. The third-order valence-electron chi connectivity index (χ3n) is 2.82. The van der Waals surface area contributed by atoms with E-state index in [-0.39, 0.29) is 10.7 Å². The number of para-hydroxylation sites is 1. The van der Waals surface area contributed by atoms with Crippen LogP contribution in [0.2, 0.25) is 5.02 Å². The van der Waals surface area contributed by atoms with Gasteiger partial charge in [-0.3, -0.25) is 5.32 Å². The van der Waals surface area contributed by atoms with Crippen molar-refractivity contribution in [2.24, 2.45) is 5.18 Å². The van der Waals surface area contributed by atoms with Crippen LogP contribution >= 0.6 is 22.9 Å². The number of carbonyl (C=O) groups is 1. The minimum absolute atomic E-state index is 0.196. The van der Waals surface area contributed by atoms with Gasteiger partial charge in [0.05, 0.1) is 20.9 Å². The van der Waals surface area contributed by atoms with Crippen molar-refractivity contribution in [3.63, 3.8) is 0 Å². The summed E-state index contributed by atoms with van der Waals surface area (Å²) in [5.41, 5.74) is 1.40. The van der Waals surface area contributed by atoms with Crippen molar-refractivity contribution in [3.05, 3.63) is 52.4 Å². The molecule has 2 aromatic carbocycles. The molecule has 0 spiro atoms. The fourth-order valence-electron chi connectivity index (χ4n) is 1.84. The Hall–Kier alpha value is -2.51. The fraction of sp³-hybridized carbons (Fsp3) is 0. The molecular formula is C14H9ClN4O2S. The van der Waals surface area contributed by atoms with Crippen LogP contribution in [0.15, 0.2) is 47.6 Å². The lowest BCUT2D eigenvalue weighted by molar-refractivity contribution is 0.262. The molecule has 0 saturated carbocycles. The molecule has 0 radical (unpaired) electrons. The molecule has 3 rings (SSSR count). The molecule has 2 N–H and O–H groups in total. The lowest BCUT2D eigenvalue weighted by Crippen LogP contribution is -2.19. The molecule has 22 heavy (non-hydrogen) atoms. The van der Waals surface area contributed by atoms with Crippen molar-refractivity contribution in [3.8, 4) is 0 Å². The van der Waals surface area contributed by atoms with Crippen LogP contribution in [0.25, 0.3) is 10.2 Å². The van der Waals surface area contributed by atoms with E-state index in [4.69, 9.17) is 11.6 Å². The standard InChI is InChI=1S/C14H9ClN4O2S/c15-9-7-8(19-21)5-6-10(9)16-13(20)18-14-17-11-3-1-2-4-12(11)22-14/h1-7H,(H2,16,17,18,20). The Labute approximate surface area is 134 Å². The molecule has 0 fully saturated rings.